The lowest BCUT2D eigenvalue weighted by atomic mass is 10.1. The quantitative estimate of drug-likeness (QED) is 0.362. The van der Waals surface area contributed by atoms with Gasteiger partial charge in [-0.2, -0.15) is 0 Å². The second-order valence-electron chi connectivity index (χ2n) is 8.67. The minimum Gasteiger partial charge on any atom is -0.424 e. The van der Waals surface area contributed by atoms with E-state index in [4.69, 9.17) is 4.74 Å². The van der Waals surface area contributed by atoms with Crippen molar-refractivity contribution in [2.45, 2.75) is 12.5 Å². The monoisotopic (exact) mass is 527 g/mol. The Bertz CT molecular complexity index is 1570. The molecule has 0 bridgehead atoms. The van der Waals surface area contributed by atoms with Crippen LogP contribution in [0, 0.1) is 0 Å². The van der Waals surface area contributed by atoms with Crippen molar-refractivity contribution in [1.82, 2.24) is 25.2 Å². The van der Waals surface area contributed by atoms with Crippen LogP contribution in [-0.2, 0) is 4.79 Å². The summed E-state index contributed by atoms with van der Waals surface area (Å²) in [5.74, 6) is 0.105. The molecule has 12 heteroatoms. The number of benzene rings is 1. The summed E-state index contributed by atoms with van der Waals surface area (Å²) in [4.78, 5) is 55.3. The number of ether oxygens (including phenoxy) is 1. The van der Waals surface area contributed by atoms with Crippen LogP contribution in [0.15, 0.2) is 67.6 Å². The number of hydrogen-bond donors (Lipinski definition) is 2. The summed E-state index contributed by atoms with van der Waals surface area (Å²) in [6, 6.07) is 10.4. The van der Waals surface area contributed by atoms with Crippen molar-refractivity contribution in [3.63, 3.8) is 0 Å². The largest absolute Gasteiger partial charge is 0.424 e. The van der Waals surface area contributed by atoms with Gasteiger partial charge in [-0.05, 0) is 30.7 Å². The summed E-state index contributed by atoms with van der Waals surface area (Å²) in [6.07, 6.45) is 6.49. The summed E-state index contributed by atoms with van der Waals surface area (Å²) in [5.41, 5.74) is 1.40. The van der Waals surface area contributed by atoms with E-state index in [9.17, 15) is 14.4 Å². The van der Waals surface area contributed by atoms with Gasteiger partial charge in [0, 0.05) is 25.3 Å². The summed E-state index contributed by atoms with van der Waals surface area (Å²) in [7, 11) is 0. The van der Waals surface area contributed by atoms with Crippen LogP contribution >= 0.6 is 11.3 Å². The predicted molar refractivity (Wildman–Crippen MR) is 142 cm³/mol. The topological polar surface area (TPSA) is 130 Å². The minimum absolute atomic E-state index is 0.146. The maximum absolute atomic E-state index is 13.3. The van der Waals surface area contributed by atoms with Crippen LogP contribution in [0.5, 0.6) is 11.8 Å². The lowest BCUT2D eigenvalue weighted by Gasteiger charge is -2.27. The highest BCUT2D eigenvalue weighted by Gasteiger charge is 2.34. The van der Waals surface area contributed by atoms with E-state index in [2.05, 4.69) is 32.2 Å². The van der Waals surface area contributed by atoms with Gasteiger partial charge in [-0.3, -0.25) is 14.5 Å². The predicted octanol–water partition coefficient (Wildman–Crippen LogP) is 4.08. The molecule has 1 atom stereocenters. The molecule has 0 spiro atoms. The van der Waals surface area contributed by atoms with E-state index in [1.165, 1.54) is 34.7 Å². The van der Waals surface area contributed by atoms with Gasteiger partial charge in [0.1, 0.15) is 15.5 Å². The van der Waals surface area contributed by atoms with E-state index in [0.29, 0.717) is 57.4 Å². The highest BCUT2D eigenvalue weighted by molar-refractivity contribution is 7.21. The van der Waals surface area contributed by atoms with Crippen LogP contribution in [-0.4, -0.2) is 56.8 Å². The van der Waals surface area contributed by atoms with Crippen LogP contribution in [0.3, 0.4) is 0 Å². The van der Waals surface area contributed by atoms with Crippen molar-refractivity contribution in [3.05, 3.63) is 72.5 Å². The van der Waals surface area contributed by atoms with E-state index in [1.807, 2.05) is 18.2 Å². The zero-order valence-corrected chi connectivity index (χ0v) is 20.8. The highest BCUT2D eigenvalue weighted by atomic mass is 32.1. The molecule has 4 amide bonds. The van der Waals surface area contributed by atoms with E-state index in [1.54, 1.807) is 29.3 Å². The average Bonchev–Trinajstić information content (AvgIpc) is 3.55. The first-order valence-corrected chi connectivity index (χ1v) is 12.6. The second kappa shape index (κ2) is 9.56. The first-order valence-electron chi connectivity index (χ1n) is 11.8. The number of nitrogens with one attached hydrogen (secondary N) is 2. The molecule has 6 rings (SSSR count). The molecule has 11 nitrogen and oxygen atoms in total. The molecule has 1 saturated heterocycles. The Hall–Kier alpha value is -4.84. The molecule has 1 aromatic carbocycles. The molecule has 190 valence electrons. The molecule has 2 aliphatic rings. The molecule has 3 aromatic heterocycles. The third kappa shape index (κ3) is 4.20. The van der Waals surface area contributed by atoms with Crippen LogP contribution in [0.2, 0.25) is 0 Å². The van der Waals surface area contributed by atoms with Gasteiger partial charge in [0.2, 0.25) is 5.91 Å². The Kier molecular flexibility index (Phi) is 5.92. The van der Waals surface area contributed by atoms with Gasteiger partial charge in [0.25, 0.3) is 5.91 Å². The number of nitrogens with zero attached hydrogens (tertiary/aromatic N) is 5. The molecule has 2 aliphatic heterocycles. The molecule has 4 aromatic rings. The molecular formula is C26H21N7O4S. The zero-order valence-electron chi connectivity index (χ0n) is 20.0. The molecule has 2 N–H and O–H groups in total. The number of rotatable bonds is 6. The van der Waals surface area contributed by atoms with Gasteiger partial charge >= 0.3 is 12.0 Å². The number of carbonyl (C=O) groups is 3. The van der Waals surface area contributed by atoms with E-state index >= 15 is 0 Å². The van der Waals surface area contributed by atoms with Crippen molar-refractivity contribution >= 4 is 56.5 Å². The van der Waals surface area contributed by atoms with Crippen molar-refractivity contribution < 1.29 is 19.1 Å². The summed E-state index contributed by atoms with van der Waals surface area (Å²) >= 11 is 1.20. The van der Waals surface area contributed by atoms with Gasteiger partial charge in [0.15, 0.2) is 0 Å². The zero-order chi connectivity index (χ0) is 26.2. The lowest BCUT2D eigenvalue weighted by Crippen LogP contribution is -2.39. The van der Waals surface area contributed by atoms with E-state index < -0.39 is 6.03 Å². The molecule has 5 heterocycles. The first kappa shape index (κ1) is 23.6. The Morgan fingerprint density at radius 3 is 2.71 bits per heavy atom. The summed E-state index contributed by atoms with van der Waals surface area (Å²) in [5, 5.41) is 6.49. The minimum atomic E-state index is -0.457. The Labute approximate surface area is 220 Å². The SMILES string of the molecule is C=CC(=O)N1CCC(NC(=O)c2sc3nccc4c3c2NC(=O)N4c2cnc(Oc3ccccc3)nc2)C1. The van der Waals surface area contributed by atoms with E-state index in [-0.39, 0.29) is 23.9 Å². The number of aromatic nitrogens is 3. The van der Waals surface area contributed by atoms with Crippen molar-refractivity contribution in [2.24, 2.45) is 0 Å². The maximum Gasteiger partial charge on any atom is 0.331 e. The summed E-state index contributed by atoms with van der Waals surface area (Å²) in [6.45, 7) is 4.47. The standard InChI is InChI=1S/C26H21N7O4S/c1-2-19(34)32-11-9-15(14-32)30-23(35)22-21-20-18(8-10-27-24(20)38-22)33(26(36)31-21)16-12-28-25(29-13-16)37-17-6-4-3-5-7-17/h2-8,10,12-13,15H,1,9,11,14H2,(H,30,35)(H,31,36). The Balaban J connectivity index is 1.27. The smallest absolute Gasteiger partial charge is 0.331 e. The molecule has 0 radical (unpaired) electrons. The highest BCUT2D eigenvalue weighted by Crippen LogP contribution is 2.45. The normalized spacial score (nSPS) is 16.3. The number of hydrogen-bond acceptors (Lipinski definition) is 8. The van der Waals surface area contributed by atoms with Gasteiger partial charge in [-0.25, -0.2) is 19.7 Å². The molecule has 38 heavy (non-hydrogen) atoms. The Morgan fingerprint density at radius 1 is 1.16 bits per heavy atom. The van der Waals surface area contributed by atoms with E-state index in [0.717, 1.165) is 0 Å². The molecule has 1 unspecified atom stereocenters. The second-order valence-corrected chi connectivity index (χ2v) is 9.67. The number of pyridine rings is 1. The molecular weight excluding hydrogens is 506 g/mol. The van der Waals surface area contributed by atoms with Crippen molar-refractivity contribution in [2.75, 3.05) is 23.3 Å². The fourth-order valence-corrected chi connectivity index (χ4v) is 5.55. The Morgan fingerprint density at radius 2 is 1.95 bits per heavy atom. The number of likely N-dealkylation sites (tertiary alicyclic amines) is 1. The number of carbonyl (C=O) groups excluding carboxylic acids is 3. The maximum atomic E-state index is 13.3. The lowest BCUT2D eigenvalue weighted by molar-refractivity contribution is -0.125. The van der Waals surface area contributed by atoms with Crippen LogP contribution in [0.1, 0.15) is 16.1 Å². The van der Waals surface area contributed by atoms with Crippen LogP contribution in [0.25, 0.3) is 10.2 Å². The molecule has 0 aliphatic carbocycles. The number of urea groups is 1. The average molecular weight is 528 g/mol. The van der Waals surface area contributed by atoms with Gasteiger partial charge in [0.05, 0.1) is 34.8 Å². The molecule has 1 fully saturated rings. The number of anilines is 3. The van der Waals surface area contributed by atoms with Gasteiger partial charge in [-0.15, -0.1) is 11.3 Å². The van der Waals surface area contributed by atoms with Crippen molar-refractivity contribution in [1.29, 1.82) is 0 Å². The fourth-order valence-electron chi connectivity index (χ4n) is 4.53. The number of thiophene rings is 1. The molecule has 0 saturated carbocycles. The van der Waals surface area contributed by atoms with Gasteiger partial charge in [-0.1, -0.05) is 24.8 Å². The van der Waals surface area contributed by atoms with Crippen LogP contribution in [0.4, 0.5) is 21.9 Å². The summed E-state index contributed by atoms with van der Waals surface area (Å²) < 4.78 is 5.65. The number of para-hydroxylation sites is 1. The third-order valence-corrected chi connectivity index (χ3v) is 7.38. The fraction of sp³-hybridized carbons (Fsp3) is 0.154. The third-order valence-electron chi connectivity index (χ3n) is 6.29. The van der Waals surface area contributed by atoms with Crippen molar-refractivity contribution in [3.8, 4) is 11.8 Å². The first-order chi connectivity index (χ1) is 18.5. The van der Waals surface area contributed by atoms with Gasteiger partial charge < -0.3 is 20.3 Å². The number of amides is 4. The van der Waals surface area contributed by atoms with Crippen LogP contribution < -0.4 is 20.3 Å².